The molecule has 3 aliphatic carbocycles. The number of rotatable bonds is 5. The molecule has 1 aromatic rings. The second-order valence-corrected chi connectivity index (χ2v) is 11.2. The quantitative estimate of drug-likeness (QED) is 0.646. The van der Waals surface area contributed by atoms with Crippen molar-refractivity contribution in [1.29, 1.82) is 0 Å². The van der Waals surface area contributed by atoms with Gasteiger partial charge in [-0.05, 0) is 58.9 Å². The number of primary amides is 2. The van der Waals surface area contributed by atoms with E-state index in [0.717, 1.165) is 29.5 Å². The van der Waals surface area contributed by atoms with Gasteiger partial charge in [0.2, 0.25) is 11.8 Å². The summed E-state index contributed by atoms with van der Waals surface area (Å²) in [7, 11) is 0. The van der Waals surface area contributed by atoms with E-state index in [9.17, 15) is 14.7 Å². The smallest absolute Gasteiger partial charge is 0.232 e. The van der Waals surface area contributed by atoms with Crippen LogP contribution < -0.4 is 11.5 Å². The molecule has 8 heteroatoms. The molecule has 3 aliphatic rings. The van der Waals surface area contributed by atoms with Crippen molar-refractivity contribution >= 4 is 39.1 Å². The molecule has 0 radical (unpaired) electrons. The summed E-state index contributed by atoms with van der Waals surface area (Å²) in [5, 5.41) is 10.8. The van der Waals surface area contributed by atoms with Crippen molar-refractivity contribution in [3.8, 4) is 0 Å². The molecule has 2 bridgehead atoms. The highest BCUT2D eigenvalue weighted by Gasteiger charge is 2.87. The summed E-state index contributed by atoms with van der Waals surface area (Å²) in [4.78, 5) is 30.9. The highest BCUT2D eigenvalue weighted by Crippen LogP contribution is 2.84. The van der Waals surface area contributed by atoms with Crippen molar-refractivity contribution < 1.29 is 14.7 Å². The molecular formula is C18H24BrN3O3S. The lowest BCUT2D eigenvalue weighted by Crippen LogP contribution is -2.69. The third-order valence-corrected chi connectivity index (χ3v) is 9.29. The first kappa shape index (κ1) is 18.4. The average molecular weight is 442 g/mol. The number of nitrogens with zero attached hydrogens (tertiary/aromatic N) is 1. The van der Waals surface area contributed by atoms with Gasteiger partial charge in [0.25, 0.3) is 0 Å². The molecule has 0 unspecified atom stereocenters. The van der Waals surface area contributed by atoms with E-state index in [1.54, 1.807) is 6.20 Å². The van der Waals surface area contributed by atoms with Crippen molar-refractivity contribution in [2.45, 2.75) is 44.9 Å². The van der Waals surface area contributed by atoms with Crippen molar-refractivity contribution in [3.05, 3.63) is 15.0 Å². The molecular weight excluding hydrogens is 418 g/mol. The summed E-state index contributed by atoms with van der Waals surface area (Å²) in [6.45, 7) is 3.40. The fourth-order valence-electron chi connectivity index (χ4n) is 6.89. The SMILES string of the molecule is CC(C)(CO)[C@]1(C(N)=O)[C@@H]2CC[C@@H](C23CC3)[C@@]1(C(N)=O)c1ncc(Br)s1. The number of aromatic nitrogens is 1. The van der Waals surface area contributed by atoms with Crippen LogP contribution in [-0.4, -0.2) is 28.5 Å². The molecule has 3 saturated carbocycles. The monoisotopic (exact) mass is 441 g/mol. The molecule has 1 heterocycles. The summed E-state index contributed by atoms with van der Waals surface area (Å²) in [5.41, 5.74) is 8.67. The number of carbonyl (C=O) groups excluding carboxylic acids is 2. The Balaban J connectivity index is 2.13. The zero-order valence-electron chi connectivity index (χ0n) is 14.9. The molecule has 142 valence electrons. The number of aliphatic hydroxyl groups is 1. The van der Waals surface area contributed by atoms with Crippen molar-refractivity contribution in [2.24, 2.45) is 39.5 Å². The first-order valence-corrected chi connectivity index (χ1v) is 10.6. The second-order valence-electron chi connectivity index (χ2n) is 8.77. The van der Waals surface area contributed by atoms with Crippen LogP contribution in [-0.2, 0) is 15.0 Å². The van der Waals surface area contributed by atoms with Gasteiger partial charge in [-0.3, -0.25) is 9.59 Å². The molecule has 0 aliphatic heterocycles. The third kappa shape index (κ3) is 1.70. The molecule has 5 N–H and O–H groups in total. The van der Waals surface area contributed by atoms with Gasteiger partial charge in [0.15, 0.2) is 0 Å². The molecule has 0 saturated heterocycles. The van der Waals surface area contributed by atoms with Crippen LogP contribution in [0.1, 0.15) is 44.5 Å². The summed E-state index contributed by atoms with van der Waals surface area (Å²) >= 11 is 4.77. The number of aliphatic hydroxyl groups excluding tert-OH is 1. The van der Waals surface area contributed by atoms with Crippen molar-refractivity contribution in [3.63, 3.8) is 0 Å². The number of nitrogens with two attached hydrogens (primary N) is 2. The normalized spacial score (nSPS) is 37.2. The van der Waals surface area contributed by atoms with Gasteiger partial charge in [0.05, 0.1) is 15.4 Å². The zero-order chi connectivity index (χ0) is 19.1. The Morgan fingerprint density at radius 1 is 1.31 bits per heavy atom. The van der Waals surface area contributed by atoms with Crippen LogP contribution in [0.4, 0.5) is 0 Å². The number of halogens is 1. The number of carbonyl (C=O) groups is 2. The lowest BCUT2D eigenvalue weighted by Gasteiger charge is -2.55. The lowest BCUT2D eigenvalue weighted by molar-refractivity contribution is -0.164. The summed E-state index contributed by atoms with van der Waals surface area (Å²) in [6.07, 6.45) is 5.26. The average Bonchev–Trinajstić information content (AvgIpc) is 3.04. The van der Waals surface area contributed by atoms with Gasteiger partial charge in [-0.15, -0.1) is 11.3 Å². The molecule has 0 aromatic carbocycles. The molecule has 4 rings (SSSR count). The van der Waals surface area contributed by atoms with Crippen LogP contribution >= 0.6 is 27.3 Å². The molecule has 3 fully saturated rings. The van der Waals surface area contributed by atoms with E-state index in [0.29, 0.717) is 5.01 Å². The largest absolute Gasteiger partial charge is 0.396 e. The first-order valence-electron chi connectivity index (χ1n) is 8.95. The molecule has 6 nitrogen and oxygen atoms in total. The van der Waals surface area contributed by atoms with Gasteiger partial charge in [-0.25, -0.2) is 4.98 Å². The number of amides is 2. The van der Waals surface area contributed by atoms with E-state index in [4.69, 9.17) is 11.5 Å². The predicted molar refractivity (Wildman–Crippen MR) is 101 cm³/mol. The zero-order valence-corrected chi connectivity index (χ0v) is 17.3. The van der Waals surface area contributed by atoms with E-state index in [1.165, 1.54) is 11.3 Å². The maximum atomic E-state index is 13.2. The second kappa shape index (κ2) is 5.29. The van der Waals surface area contributed by atoms with E-state index >= 15 is 0 Å². The maximum absolute atomic E-state index is 13.2. The van der Waals surface area contributed by atoms with Crippen LogP contribution in [0, 0.1) is 28.1 Å². The Hall–Kier alpha value is -0.990. The molecule has 1 spiro atoms. The first-order chi connectivity index (χ1) is 12.1. The summed E-state index contributed by atoms with van der Waals surface area (Å²) in [6, 6.07) is 0. The Labute approximate surface area is 164 Å². The van der Waals surface area contributed by atoms with E-state index in [2.05, 4.69) is 20.9 Å². The minimum atomic E-state index is -1.28. The minimum absolute atomic E-state index is 0.0603. The van der Waals surface area contributed by atoms with Gasteiger partial charge in [0.1, 0.15) is 10.4 Å². The predicted octanol–water partition coefficient (Wildman–Crippen LogP) is 1.94. The van der Waals surface area contributed by atoms with Gasteiger partial charge in [-0.1, -0.05) is 13.8 Å². The van der Waals surface area contributed by atoms with Gasteiger partial charge in [-0.2, -0.15) is 0 Å². The van der Waals surface area contributed by atoms with Crippen molar-refractivity contribution in [2.75, 3.05) is 6.61 Å². The standard InChI is InChI=1S/C18H24BrN3O3S/c1-15(2,8-23)18(13(21)25)10-4-3-9(16(10)5-6-16)17(18,12(20)24)14-22-7-11(19)26-14/h7,9-10,23H,3-6,8H2,1-2H3,(H2,20,24)(H2,21,25)/t9-,10+,17+,18+/m0/s1. The Morgan fingerprint density at radius 3 is 2.35 bits per heavy atom. The minimum Gasteiger partial charge on any atom is -0.396 e. The number of thiazole rings is 1. The number of hydrogen-bond donors (Lipinski definition) is 3. The third-order valence-electron chi connectivity index (χ3n) is 7.68. The maximum Gasteiger partial charge on any atom is 0.232 e. The summed E-state index contributed by atoms with van der Waals surface area (Å²) in [5.74, 6) is -1.21. The molecule has 26 heavy (non-hydrogen) atoms. The van der Waals surface area contributed by atoms with Gasteiger partial charge >= 0.3 is 0 Å². The van der Waals surface area contributed by atoms with Crippen molar-refractivity contribution in [1.82, 2.24) is 4.98 Å². The Bertz CT molecular complexity index is 805. The highest BCUT2D eigenvalue weighted by molar-refractivity contribution is 9.11. The van der Waals surface area contributed by atoms with Gasteiger partial charge in [0, 0.05) is 12.0 Å². The molecule has 4 atom stereocenters. The fraction of sp³-hybridized carbons (Fsp3) is 0.722. The van der Waals surface area contributed by atoms with Crippen LogP contribution in [0.3, 0.4) is 0 Å². The van der Waals surface area contributed by atoms with Crippen LogP contribution in [0.2, 0.25) is 0 Å². The topological polar surface area (TPSA) is 119 Å². The van der Waals surface area contributed by atoms with E-state index in [1.807, 2.05) is 13.8 Å². The fourth-order valence-corrected chi connectivity index (χ4v) is 8.42. The Kier molecular flexibility index (Phi) is 3.74. The molecule has 2 amide bonds. The molecule has 1 aromatic heterocycles. The Morgan fingerprint density at radius 2 is 1.92 bits per heavy atom. The summed E-state index contributed by atoms with van der Waals surface area (Å²) < 4.78 is 0.779. The highest BCUT2D eigenvalue weighted by atomic mass is 79.9. The number of hydrogen-bond acceptors (Lipinski definition) is 5. The van der Waals surface area contributed by atoms with Gasteiger partial charge < -0.3 is 16.6 Å². The lowest BCUT2D eigenvalue weighted by atomic mass is 9.46. The van der Waals surface area contributed by atoms with Crippen LogP contribution in [0.15, 0.2) is 9.98 Å². The van der Waals surface area contributed by atoms with Crippen LogP contribution in [0.25, 0.3) is 0 Å². The van der Waals surface area contributed by atoms with E-state index < -0.39 is 28.1 Å². The van der Waals surface area contributed by atoms with E-state index in [-0.39, 0.29) is 23.9 Å². The van der Waals surface area contributed by atoms with Crippen LogP contribution in [0.5, 0.6) is 0 Å².